The van der Waals surface area contributed by atoms with Gasteiger partial charge >= 0.3 is 0 Å². The Balaban J connectivity index is 0.000000173. The number of aliphatic hydroxyl groups is 1. The Morgan fingerprint density at radius 3 is 2.32 bits per heavy atom. The van der Waals surface area contributed by atoms with E-state index in [9.17, 15) is 9.90 Å². The molecule has 6 heteroatoms. The first-order valence-electron chi connectivity index (χ1n) is 7.48. The number of rotatable bonds is 0. The first-order chi connectivity index (χ1) is 11.5. The molecule has 0 saturated carbocycles. The van der Waals surface area contributed by atoms with E-state index in [1.165, 1.54) is 0 Å². The molecule has 0 fully saturated rings. The first-order valence-corrected chi connectivity index (χ1v) is 9.06. The van der Waals surface area contributed by atoms with Crippen LogP contribution in [0, 0.1) is 0 Å². The van der Waals surface area contributed by atoms with Gasteiger partial charge in [0.15, 0.2) is 5.78 Å². The molecule has 1 unspecified atom stereocenters. The van der Waals surface area contributed by atoms with Crippen LogP contribution < -0.4 is 0 Å². The summed E-state index contributed by atoms with van der Waals surface area (Å²) in [6, 6.07) is 11.5. The number of carbonyl (C=O) groups excluding carboxylic acids is 1. The van der Waals surface area contributed by atoms with Crippen molar-refractivity contribution in [3.63, 3.8) is 0 Å². The molecule has 2 aromatic carbocycles. The van der Waals surface area contributed by atoms with Gasteiger partial charge in [0.05, 0.1) is 19.8 Å². The van der Waals surface area contributed by atoms with Crippen molar-refractivity contribution in [2.24, 2.45) is 0 Å². The Morgan fingerprint density at radius 1 is 0.920 bits per heavy atom. The van der Waals surface area contributed by atoms with E-state index in [0.717, 1.165) is 31.2 Å². The number of fused-ring (bicyclic) bond motifs is 2. The lowest BCUT2D eigenvalue weighted by Crippen LogP contribution is -2.17. The van der Waals surface area contributed by atoms with E-state index in [-0.39, 0.29) is 19.8 Å². The van der Waals surface area contributed by atoms with Crippen LogP contribution in [0.4, 0.5) is 0 Å². The van der Waals surface area contributed by atoms with Crippen LogP contribution in [0.5, 0.6) is 0 Å². The van der Waals surface area contributed by atoms with E-state index in [1.807, 2.05) is 36.4 Å². The van der Waals surface area contributed by atoms with Crippen LogP contribution in [-0.2, 0) is 22.7 Å². The maximum Gasteiger partial charge on any atom is 0.188 e. The van der Waals surface area contributed by atoms with Crippen molar-refractivity contribution >= 4 is 37.6 Å². The molecule has 0 spiro atoms. The highest BCUT2D eigenvalue weighted by Gasteiger charge is 2.18. The Morgan fingerprint density at radius 2 is 1.56 bits per heavy atom. The summed E-state index contributed by atoms with van der Waals surface area (Å²) in [5.74, 6) is 0.0729. The van der Waals surface area contributed by atoms with Gasteiger partial charge in [-0.1, -0.05) is 45.4 Å². The van der Waals surface area contributed by atoms with Crippen molar-refractivity contribution in [1.29, 1.82) is 0 Å². The number of hydrogen-bond donors (Lipinski definition) is 1. The third-order valence-electron chi connectivity index (χ3n) is 3.86. The molecule has 2 aromatic rings. The molecule has 1 N–H and O–H groups in total. The fourth-order valence-electron chi connectivity index (χ4n) is 2.68. The number of ether oxygens (including phenoxy) is 2. The average Bonchev–Trinajstić information content (AvgIpc) is 2.55. The zero-order chi connectivity index (χ0) is 17.1. The molecular weight excluding hydrogens is 452 g/mol. The van der Waals surface area contributed by atoms with Crippen molar-refractivity contribution in [2.75, 3.05) is 13.2 Å². The molecule has 1 atom stereocenters. The minimum atomic E-state index is -0.457. The van der Waals surface area contributed by atoms with Gasteiger partial charge in [-0.15, -0.1) is 0 Å². The van der Waals surface area contributed by atoms with Crippen LogP contribution in [0.25, 0.3) is 0 Å². The molecule has 25 heavy (non-hydrogen) atoms. The standard InChI is InChI=1S/C9H9BrO2.C9H7BrO2.CH4/c2*10-7-1-2-8-6(3-7)4-12-5-9(8)11;/h1-3,9,11H,4-5H2;1-3H,4-5H2;1H4. The Labute approximate surface area is 164 Å². The predicted octanol–water partition coefficient (Wildman–Crippen LogP) is 4.81. The molecule has 4 rings (SSSR count). The van der Waals surface area contributed by atoms with Crippen LogP contribution in [0.3, 0.4) is 0 Å². The first kappa shape index (κ1) is 20.3. The summed E-state index contributed by atoms with van der Waals surface area (Å²) in [7, 11) is 0. The Bertz CT molecular complexity index is 761. The normalized spacial score (nSPS) is 18.2. The molecule has 134 valence electrons. The van der Waals surface area contributed by atoms with E-state index in [0.29, 0.717) is 19.8 Å². The number of ketones is 1. The quantitative estimate of drug-likeness (QED) is 0.598. The summed E-state index contributed by atoms with van der Waals surface area (Å²) >= 11 is 6.72. The van der Waals surface area contributed by atoms with Crippen molar-refractivity contribution < 1.29 is 19.4 Å². The van der Waals surface area contributed by atoms with E-state index in [2.05, 4.69) is 31.9 Å². The minimum absolute atomic E-state index is 0. The number of benzene rings is 2. The van der Waals surface area contributed by atoms with E-state index in [4.69, 9.17) is 9.47 Å². The summed E-state index contributed by atoms with van der Waals surface area (Å²) in [5, 5.41) is 9.51. The van der Waals surface area contributed by atoms with Gasteiger partial charge in [-0.2, -0.15) is 0 Å². The summed E-state index contributed by atoms with van der Waals surface area (Å²) in [6.07, 6.45) is -0.457. The molecular formula is C19H20Br2O4. The van der Waals surface area contributed by atoms with Gasteiger partial charge in [-0.25, -0.2) is 0 Å². The molecule has 2 aliphatic heterocycles. The minimum Gasteiger partial charge on any atom is -0.386 e. The highest BCUT2D eigenvalue weighted by Crippen LogP contribution is 2.27. The summed E-state index contributed by atoms with van der Waals surface area (Å²) < 4.78 is 12.3. The van der Waals surface area contributed by atoms with Gasteiger partial charge < -0.3 is 14.6 Å². The molecule has 0 saturated heterocycles. The van der Waals surface area contributed by atoms with Crippen molar-refractivity contribution in [2.45, 2.75) is 26.7 Å². The third kappa shape index (κ3) is 4.99. The fourth-order valence-corrected chi connectivity index (χ4v) is 3.50. The van der Waals surface area contributed by atoms with Gasteiger partial charge in [-0.3, -0.25) is 4.79 Å². The molecule has 0 amide bonds. The zero-order valence-corrected chi connectivity index (χ0v) is 16.0. The maximum absolute atomic E-state index is 11.3. The van der Waals surface area contributed by atoms with Crippen LogP contribution >= 0.6 is 31.9 Å². The van der Waals surface area contributed by atoms with Gasteiger partial charge in [0.25, 0.3) is 0 Å². The van der Waals surface area contributed by atoms with E-state index < -0.39 is 6.10 Å². The van der Waals surface area contributed by atoms with Gasteiger partial charge in [-0.05, 0) is 47.0 Å². The highest BCUT2D eigenvalue weighted by molar-refractivity contribution is 9.10. The van der Waals surface area contributed by atoms with Crippen LogP contribution in [0.15, 0.2) is 45.3 Å². The summed E-state index contributed by atoms with van der Waals surface area (Å²) in [5.41, 5.74) is 3.83. The number of halogens is 2. The molecule has 0 radical (unpaired) electrons. The van der Waals surface area contributed by atoms with Crippen LogP contribution in [-0.4, -0.2) is 24.1 Å². The second-order valence-electron chi connectivity index (χ2n) is 5.59. The summed E-state index contributed by atoms with van der Waals surface area (Å²) in [6.45, 7) is 1.77. The van der Waals surface area contributed by atoms with Crippen LogP contribution in [0.2, 0.25) is 0 Å². The molecule has 2 aliphatic rings. The number of carbonyl (C=O) groups is 1. The third-order valence-corrected chi connectivity index (χ3v) is 4.84. The lowest BCUT2D eigenvalue weighted by atomic mass is 10.0. The van der Waals surface area contributed by atoms with Crippen LogP contribution in [0.1, 0.15) is 40.6 Å². The molecule has 0 aromatic heterocycles. The lowest BCUT2D eigenvalue weighted by molar-refractivity contribution is 0.00977. The average molecular weight is 472 g/mol. The molecule has 0 bridgehead atoms. The van der Waals surface area contributed by atoms with Crippen molar-refractivity contribution in [3.05, 3.63) is 67.6 Å². The topological polar surface area (TPSA) is 55.8 Å². The number of hydrogen-bond acceptors (Lipinski definition) is 4. The zero-order valence-electron chi connectivity index (χ0n) is 12.8. The maximum atomic E-state index is 11.3. The summed E-state index contributed by atoms with van der Waals surface area (Å²) in [4.78, 5) is 11.3. The molecule has 4 nitrogen and oxygen atoms in total. The largest absolute Gasteiger partial charge is 0.386 e. The van der Waals surface area contributed by atoms with Crippen molar-refractivity contribution in [1.82, 2.24) is 0 Å². The SMILES string of the molecule is C.O=C1COCc2cc(Br)ccc21.OC1COCc2cc(Br)ccc21. The fraction of sp³-hybridized carbons (Fsp3) is 0.316. The second kappa shape index (κ2) is 9.05. The van der Waals surface area contributed by atoms with Gasteiger partial charge in [0.2, 0.25) is 0 Å². The molecule has 2 heterocycles. The Kier molecular flexibility index (Phi) is 7.34. The highest BCUT2D eigenvalue weighted by atomic mass is 79.9. The van der Waals surface area contributed by atoms with Gasteiger partial charge in [0, 0.05) is 14.5 Å². The second-order valence-corrected chi connectivity index (χ2v) is 7.42. The number of aliphatic hydroxyl groups excluding tert-OH is 1. The van der Waals surface area contributed by atoms with Gasteiger partial charge in [0.1, 0.15) is 12.7 Å². The van der Waals surface area contributed by atoms with Crippen molar-refractivity contribution in [3.8, 4) is 0 Å². The smallest absolute Gasteiger partial charge is 0.188 e. The van der Waals surface area contributed by atoms with E-state index >= 15 is 0 Å². The monoisotopic (exact) mass is 470 g/mol. The Hall–Kier alpha value is -1.05. The lowest BCUT2D eigenvalue weighted by Gasteiger charge is -2.21. The molecule has 0 aliphatic carbocycles. The number of Topliss-reactive ketones (excluding diaryl/α,β-unsaturated/α-hetero) is 1. The predicted molar refractivity (Wildman–Crippen MR) is 104 cm³/mol. The van der Waals surface area contributed by atoms with E-state index in [1.54, 1.807) is 0 Å².